The fourth-order valence-corrected chi connectivity index (χ4v) is 2.69. The monoisotopic (exact) mass is 404 g/mol. The topological polar surface area (TPSA) is 69.2 Å². The van der Waals surface area contributed by atoms with Crippen LogP contribution in [0, 0.1) is 13.8 Å². The van der Waals surface area contributed by atoms with Crippen molar-refractivity contribution in [3.63, 3.8) is 0 Å². The number of carbonyl (C=O) groups is 1. The van der Waals surface area contributed by atoms with Gasteiger partial charge in [0.05, 0.1) is 6.21 Å². The minimum Gasteiger partial charge on any atom is -0.483 e. The molecule has 1 amide bonds. The first kappa shape index (κ1) is 17.3. The van der Waals surface area contributed by atoms with E-state index in [0.717, 1.165) is 21.2 Å². The average Bonchev–Trinajstić information content (AvgIpc) is 3.03. The van der Waals surface area contributed by atoms with Crippen LogP contribution >= 0.6 is 15.9 Å². The highest BCUT2D eigenvalue weighted by Crippen LogP contribution is 2.36. The van der Waals surface area contributed by atoms with Crippen molar-refractivity contribution in [1.82, 2.24) is 5.43 Å². The van der Waals surface area contributed by atoms with E-state index >= 15 is 0 Å². The Labute approximate surface area is 153 Å². The average molecular weight is 405 g/mol. The van der Waals surface area contributed by atoms with Gasteiger partial charge in [-0.1, -0.05) is 12.1 Å². The Balaban J connectivity index is 1.55. The number of carbonyl (C=O) groups excluding carboxylic acids is 1. The number of amides is 1. The Kier molecular flexibility index (Phi) is 5.23. The van der Waals surface area contributed by atoms with Crippen LogP contribution in [0.5, 0.6) is 17.2 Å². The number of hydrogen-bond acceptors (Lipinski definition) is 5. The molecule has 0 unspecified atom stereocenters. The summed E-state index contributed by atoms with van der Waals surface area (Å²) < 4.78 is 16.9. The second-order valence-corrected chi connectivity index (χ2v) is 6.36. The van der Waals surface area contributed by atoms with Gasteiger partial charge in [-0.3, -0.25) is 4.79 Å². The van der Waals surface area contributed by atoms with Gasteiger partial charge in [0, 0.05) is 10.0 Å². The Hall–Kier alpha value is -2.54. The zero-order chi connectivity index (χ0) is 17.8. The summed E-state index contributed by atoms with van der Waals surface area (Å²) in [7, 11) is 0. The van der Waals surface area contributed by atoms with E-state index in [0.29, 0.717) is 17.2 Å². The molecule has 1 aliphatic heterocycles. The number of nitrogens with zero attached hydrogens (tertiary/aromatic N) is 1. The van der Waals surface area contributed by atoms with Crippen molar-refractivity contribution >= 4 is 28.1 Å². The van der Waals surface area contributed by atoms with Crippen LogP contribution < -0.4 is 19.6 Å². The lowest BCUT2D eigenvalue weighted by molar-refractivity contribution is -0.123. The van der Waals surface area contributed by atoms with Crippen LogP contribution in [0.2, 0.25) is 0 Å². The number of aryl methyl sites for hydroxylation is 1. The number of halogens is 1. The van der Waals surface area contributed by atoms with Gasteiger partial charge in [-0.05, 0) is 59.1 Å². The molecule has 2 aromatic carbocycles. The van der Waals surface area contributed by atoms with Crippen LogP contribution in [0.1, 0.15) is 16.7 Å². The molecule has 0 saturated heterocycles. The second kappa shape index (κ2) is 7.57. The summed E-state index contributed by atoms with van der Waals surface area (Å²) in [5.41, 5.74) is 5.34. The van der Waals surface area contributed by atoms with Crippen molar-refractivity contribution in [1.29, 1.82) is 0 Å². The summed E-state index contributed by atoms with van der Waals surface area (Å²) in [6.45, 7) is 4.05. The van der Waals surface area contributed by atoms with E-state index in [4.69, 9.17) is 14.2 Å². The molecule has 1 heterocycles. The summed E-state index contributed by atoms with van der Waals surface area (Å²) in [5.74, 6) is 1.68. The van der Waals surface area contributed by atoms with Gasteiger partial charge in [0.1, 0.15) is 5.75 Å². The van der Waals surface area contributed by atoms with Crippen LogP contribution in [-0.2, 0) is 4.79 Å². The van der Waals surface area contributed by atoms with Gasteiger partial charge in [-0.25, -0.2) is 5.43 Å². The number of hydrogen-bond donors (Lipinski definition) is 1. The molecule has 0 spiro atoms. The van der Waals surface area contributed by atoms with Gasteiger partial charge in [0.2, 0.25) is 6.79 Å². The summed E-state index contributed by atoms with van der Waals surface area (Å²) in [4.78, 5) is 11.9. The molecule has 1 aliphatic rings. The van der Waals surface area contributed by atoms with Crippen LogP contribution in [0.25, 0.3) is 0 Å². The molecule has 2 aromatic rings. The van der Waals surface area contributed by atoms with Gasteiger partial charge in [-0.2, -0.15) is 5.10 Å². The lowest BCUT2D eigenvalue weighted by atomic mass is 10.1. The summed E-state index contributed by atoms with van der Waals surface area (Å²) in [6, 6.07) is 9.31. The molecule has 0 atom stereocenters. The van der Waals surface area contributed by atoms with E-state index in [-0.39, 0.29) is 19.3 Å². The third-order valence-electron chi connectivity index (χ3n) is 3.80. The van der Waals surface area contributed by atoms with E-state index < -0.39 is 0 Å². The highest BCUT2D eigenvalue weighted by molar-refractivity contribution is 9.10. The maximum atomic E-state index is 11.9. The number of rotatable bonds is 5. The molecular formula is C18H17BrN2O4. The predicted molar refractivity (Wildman–Crippen MR) is 97.4 cm³/mol. The first-order chi connectivity index (χ1) is 12.0. The molecule has 0 saturated carbocycles. The molecule has 130 valence electrons. The highest BCUT2D eigenvalue weighted by Gasteiger charge is 2.15. The summed E-state index contributed by atoms with van der Waals surface area (Å²) >= 11 is 3.43. The molecule has 3 rings (SSSR count). The van der Waals surface area contributed by atoms with Gasteiger partial charge in [0.25, 0.3) is 5.91 Å². The second-order valence-electron chi connectivity index (χ2n) is 5.51. The highest BCUT2D eigenvalue weighted by atomic mass is 79.9. The maximum absolute atomic E-state index is 11.9. The lowest BCUT2D eigenvalue weighted by Crippen LogP contribution is -2.24. The van der Waals surface area contributed by atoms with Crippen molar-refractivity contribution < 1.29 is 19.0 Å². The largest absolute Gasteiger partial charge is 0.483 e. The lowest BCUT2D eigenvalue weighted by Gasteiger charge is -2.09. The zero-order valence-electron chi connectivity index (χ0n) is 13.8. The Morgan fingerprint density at radius 2 is 2.08 bits per heavy atom. The van der Waals surface area contributed by atoms with Gasteiger partial charge < -0.3 is 14.2 Å². The number of fused-ring (bicyclic) bond motifs is 1. The van der Waals surface area contributed by atoms with Crippen LogP contribution in [0.4, 0.5) is 0 Å². The van der Waals surface area contributed by atoms with Gasteiger partial charge in [-0.15, -0.1) is 0 Å². The van der Waals surface area contributed by atoms with Crippen LogP contribution in [0.3, 0.4) is 0 Å². The molecule has 7 heteroatoms. The quantitative estimate of drug-likeness (QED) is 0.612. The van der Waals surface area contributed by atoms with Crippen molar-refractivity contribution in [2.45, 2.75) is 13.8 Å². The number of benzene rings is 2. The van der Waals surface area contributed by atoms with E-state index in [1.165, 1.54) is 6.21 Å². The zero-order valence-corrected chi connectivity index (χ0v) is 15.4. The van der Waals surface area contributed by atoms with E-state index in [9.17, 15) is 4.79 Å². The number of hydrazone groups is 1. The first-order valence-electron chi connectivity index (χ1n) is 7.64. The minimum absolute atomic E-state index is 0.107. The van der Waals surface area contributed by atoms with Gasteiger partial charge >= 0.3 is 0 Å². The first-order valence-corrected chi connectivity index (χ1v) is 8.44. The fourth-order valence-electron chi connectivity index (χ4n) is 2.26. The smallest absolute Gasteiger partial charge is 0.277 e. The third-order valence-corrected chi connectivity index (χ3v) is 4.49. The molecule has 1 N–H and O–H groups in total. The van der Waals surface area contributed by atoms with Crippen molar-refractivity contribution in [2.75, 3.05) is 13.4 Å². The molecule has 0 fully saturated rings. The van der Waals surface area contributed by atoms with Crippen molar-refractivity contribution in [2.24, 2.45) is 5.10 Å². The van der Waals surface area contributed by atoms with Crippen LogP contribution in [-0.4, -0.2) is 25.5 Å². The van der Waals surface area contributed by atoms with E-state index in [1.807, 2.05) is 32.0 Å². The summed E-state index contributed by atoms with van der Waals surface area (Å²) in [5, 5.41) is 3.95. The molecule has 25 heavy (non-hydrogen) atoms. The Morgan fingerprint density at radius 1 is 1.32 bits per heavy atom. The maximum Gasteiger partial charge on any atom is 0.277 e. The fraction of sp³-hybridized carbons (Fsp3) is 0.222. The third kappa shape index (κ3) is 4.11. The van der Waals surface area contributed by atoms with Gasteiger partial charge in [0.15, 0.2) is 18.1 Å². The van der Waals surface area contributed by atoms with Crippen LogP contribution in [0.15, 0.2) is 39.9 Å². The summed E-state index contributed by atoms with van der Waals surface area (Å²) in [6.07, 6.45) is 1.53. The number of ether oxygens (including phenoxy) is 3. The van der Waals surface area contributed by atoms with Crippen molar-refractivity contribution in [3.05, 3.63) is 51.5 Å². The molecule has 0 radical (unpaired) electrons. The normalized spacial score (nSPS) is 12.4. The SMILES string of the molecule is Cc1cccc(OCC(=O)N/N=C/c2cc3c(cc2Br)OCO3)c1C. The molecular weight excluding hydrogens is 388 g/mol. The van der Waals surface area contributed by atoms with E-state index in [1.54, 1.807) is 12.1 Å². The Bertz CT molecular complexity index is 836. The van der Waals surface area contributed by atoms with E-state index in [2.05, 4.69) is 26.5 Å². The Morgan fingerprint density at radius 3 is 2.88 bits per heavy atom. The molecule has 0 aliphatic carbocycles. The van der Waals surface area contributed by atoms with Crippen molar-refractivity contribution in [3.8, 4) is 17.2 Å². The number of nitrogens with one attached hydrogen (secondary N) is 1. The molecule has 0 aromatic heterocycles. The minimum atomic E-state index is -0.339. The molecule has 0 bridgehead atoms. The predicted octanol–water partition coefficient (Wildman–Crippen LogP) is 3.32. The standard InChI is InChI=1S/C18H17BrN2O4/c1-11-4-3-5-15(12(11)2)23-9-18(22)21-20-8-13-6-16-17(7-14(13)19)25-10-24-16/h3-8H,9-10H2,1-2H3,(H,21,22)/b20-8+. The molecule has 6 nitrogen and oxygen atoms in total.